The maximum Gasteiger partial charge on any atom is 0.0776 e. The molecule has 2 nitrogen and oxygen atoms in total. The van der Waals surface area contributed by atoms with Gasteiger partial charge < -0.3 is 5.11 Å². The lowest BCUT2D eigenvalue weighted by atomic mass is 9.89. The van der Waals surface area contributed by atoms with Crippen molar-refractivity contribution in [1.82, 2.24) is 0 Å². The first-order chi connectivity index (χ1) is 4.18. The second kappa shape index (κ2) is 3.47. The molecule has 0 aromatic heterocycles. The largest absolute Gasteiger partial charge is 0.395 e. The van der Waals surface area contributed by atoms with Gasteiger partial charge in [0.25, 0.3) is 0 Å². The zero-order chi connectivity index (χ0) is 7.33. The molecule has 1 N–H and O–H groups in total. The molecule has 2 heteroatoms. The van der Waals surface area contributed by atoms with E-state index in [2.05, 4.69) is 6.07 Å². The number of nitrogens with zero attached hydrogens (tertiary/aromatic N) is 1. The summed E-state index contributed by atoms with van der Waals surface area (Å²) in [5, 5.41) is 17.2. The number of hydrogen-bond acceptors (Lipinski definition) is 2. The Labute approximate surface area is 56.1 Å². The van der Waals surface area contributed by atoms with Gasteiger partial charge >= 0.3 is 0 Å². The van der Waals surface area contributed by atoms with Gasteiger partial charge in [0, 0.05) is 0 Å². The summed E-state index contributed by atoms with van der Waals surface area (Å²) in [5.41, 5.74) is -0.505. The highest BCUT2D eigenvalue weighted by molar-refractivity contribution is 4.94. The van der Waals surface area contributed by atoms with Crippen LogP contribution in [-0.2, 0) is 0 Å². The molecule has 0 rings (SSSR count). The summed E-state index contributed by atoms with van der Waals surface area (Å²) in [6.07, 6.45) is 1.73. The third-order valence-electron chi connectivity index (χ3n) is 1.42. The molecule has 0 fully saturated rings. The van der Waals surface area contributed by atoms with Crippen LogP contribution in [0.4, 0.5) is 0 Å². The monoisotopic (exact) mass is 127 g/mol. The average molecular weight is 127 g/mol. The maximum absolute atomic E-state index is 8.69. The Hall–Kier alpha value is -0.550. The van der Waals surface area contributed by atoms with Crippen molar-refractivity contribution in [3.8, 4) is 6.07 Å². The predicted molar refractivity (Wildman–Crippen MR) is 35.7 cm³/mol. The van der Waals surface area contributed by atoms with E-state index in [0.717, 1.165) is 12.8 Å². The standard InChI is InChI=1S/C7H13NO/c1-3-4-7(2,5-8)6-9/h9H,3-4,6H2,1-2H3. The third-order valence-corrected chi connectivity index (χ3v) is 1.42. The zero-order valence-corrected chi connectivity index (χ0v) is 6.02. The topological polar surface area (TPSA) is 44.0 Å². The molecule has 0 saturated carbocycles. The van der Waals surface area contributed by atoms with Gasteiger partial charge in [-0.1, -0.05) is 13.3 Å². The molecule has 0 aliphatic carbocycles. The van der Waals surface area contributed by atoms with Crippen molar-refractivity contribution >= 4 is 0 Å². The Bertz CT molecular complexity index is 117. The van der Waals surface area contributed by atoms with Gasteiger partial charge in [0.2, 0.25) is 0 Å². The number of aliphatic hydroxyl groups is 1. The van der Waals surface area contributed by atoms with Crippen LogP contribution < -0.4 is 0 Å². The fourth-order valence-corrected chi connectivity index (χ4v) is 0.722. The van der Waals surface area contributed by atoms with Crippen LogP contribution in [0.5, 0.6) is 0 Å². The molecule has 0 radical (unpaired) electrons. The number of hydrogen-bond donors (Lipinski definition) is 1. The van der Waals surface area contributed by atoms with Gasteiger partial charge in [-0.15, -0.1) is 0 Å². The van der Waals surface area contributed by atoms with E-state index < -0.39 is 5.41 Å². The SMILES string of the molecule is CCCC(C)(C#N)CO. The van der Waals surface area contributed by atoms with Gasteiger partial charge in [-0.2, -0.15) is 5.26 Å². The first kappa shape index (κ1) is 8.45. The quantitative estimate of drug-likeness (QED) is 0.621. The van der Waals surface area contributed by atoms with Crippen LogP contribution >= 0.6 is 0 Å². The fraction of sp³-hybridized carbons (Fsp3) is 0.857. The smallest absolute Gasteiger partial charge is 0.0776 e. The Morgan fingerprint density at radius 1 is 1.67 bits per heavy atom. The minimum atomic E-state index is -0.505. The Kier molecular flexibility index (Phi) is 3.26. The van der Waals surface area contributed by atoms with Crippen molar-refractivity contribution in [2.24, 2.45) is 5.41 Å². The highest BCUT2D eigenvalue weighted by Gasteiger charge is 2.20. The molecule has 0 heterocycles. The van der Waals surface area contributed by atoms with E-state index >= 15 is 0 Å². The molecule has 0 amide bonds. The summed E-state index contributed by atoms with van der Waals surface area (Å²) in [4.78, 5) is 0. The van der Waals surface area contributed by atoms with Gasteiger partial charge in [-0.25, -0.2) is 0 Å². The van der Waals surface area contributed by atoms with Gasteiger partial charge in [-0.05, 0) is 13.3 Å². The van der Waals surface area contributed by atoms with Gasteiger partial charge in [0.05, 0.1) is 18.1 Å². The minimum Gasteiger partial charge on any atom is -0.395 e. The molecule has 0 aromatic carbocycles. The molecule has 0 bridgehead atoms. The lowest BCUT2D eigenvalue weighted by molar-refractivity contribution is 0.180. The Balaban J connectivity index is 3.81. The van der Waals surface area contributed by atoms with Crippen LogP contribution in [0.1, 0.15) is 26.7 Å². The summed E-state index contributed by atoms with van der Waals surface area (Å²) in [5.74, 6) is 0. The number of aliphatic hydroxyl groups excluding tert-OH is 1. The molecule has 0 aromatic rings. The van der Waals surface area contributed by atoms with E-state index in [9.17, 15) is 0 Å². The van der Waals surface area contributed by atoms with E-state index in [1.165, 1.54) is 0 Å². The van der Waals surface area contributed by atoms with Crippen molar-refractivity contribution in [1.29, 1.82) is 5.26 Å². The number of rotatable bonds is 3. The summed E-state index contributed by atoms with van der Waals surface area (Å²) >= 11 is 0. The normalized spacial score (nSPS) is 16.2. The van der Waals surface area contributed by atoms with Gasteiger partial charge in [-0.3, -0.25) is 0 Å². The first-order valence-electron chi connectivity index (χ1n) is 3.20. The van der Waals surface area contributed by atoms with Crippen LogP contribution in [0.3, 0.4) is 0 Å². The predicted octanol–water partition coefficient (Wildman–Crippen LogP) is 1.31. The van der Waals surface area contributed by atoms with Crippen LogP contribution in [0, 0.1) is 16.7 Å². The third kappa shape index (κ3) is 2.48. The summed E-state index contributed by atoms with van der Waals surface area (Å²) in [6, 6.07) is 2.08. The maximum atomic E-state index is 8.69. The molecule has 52 valence electrons. The summed E-state index contributed by atoms with van der Waals surface area (Å²) < 4.78 is 0. The van der Waals surface area contributed by atoms with Crippen LogP contribution in [0.15, 0.2) is 0 Å². The summed E-state index contributed by atoms with van der Waals surface area (Å²) in [6.45, 7) is 3.75. The van der Waals surface area contributed by atoms with Gasteiger partial charge in [0.1, 0.15) is 0 Å². The molecule has 1 atom stereocenters. The van der Waals surface area contributed by atoms with Crippen molar-refractivity contribution in [3.63, 3.8) is 0 Å². The van der Waals surface area contributed by atoms with Crippen molar-refractivity contribution < 1.29 is 5.11 Å². The lowest BCUT2D eigenvalue weighted by Gasteiger charge is -2.15. The van der Waals surface area contributed by atoms with Crippen molar-refractivity contribution in [2.45, 2.75) is 26.7 Å². The highest BCUT2D eigenvalue weighted by Crippen LogP contribution is 2.20. The van der Waals surface area contributed by atoms with E-state index in [1.807, 2.05) is 6.92 Å². The first-order valence-corrected chi connectivity index (χ1v) is 3.20. The molecule has 0 spiro atoms. The number of nitriles is 1. The molecule has 0 aliphatic heterocycles. The van der Waals surface area contributed by atoms with Gasteiger partial charge in [0.15, 0.2) is 0 Å². The fourth-order valence-electron chi connectivity index (χ4n) is 0.722. The van der Waals surface area contributed by atoms with Crippen LogP contribution in [0.25, 0.3) is 0 Å². The molecular formula is C7H13NO. The molecule has 1 unspecified atom stereocenters. The van der Waals surface area contributed by atoms with E-state index in [-0.39, 0.29) is 6.61 Å². The molecular weight excluding hydrogens is 114 g/mol. The van der Waals surface area contributed by atoms with E-state index in [1.54, 1.807) is 6.92 Å². The highest BCUT2D eigenvalue weighted by atomic mass is 16.3. The molecule has 0 saturated heterocycles. The average Bonchev–Trinajstić information content (AvgIpc) is 1.89. The lowest BCUT2D eigenvalue weighted by Crippen LogP contribution is -2.17. The Morgan fingerprint density at radius 2 is 2.22 bits per heavy atom. The summed E-state index contributed by atoms with van der Waals surface area (Å²) in [7, 11) is 0. The van der Waals surface area contributed by atoms with E-state index in [0.29, 0.717) is 0 Å². The van der Waals surface area contributed by atoms with Crippen LogP contribution in [-0.4, -0.2) is 11.7 Å². The molecule has 0 aliphatic rings. The molecule has 9 heavy (non-hydrogen) atoms. The van der Waals surface area contributed by atoms with E-state index in [4.69, 9.17) is 10.4 Å². The second-order valence-electron chi connectivity index (χ2n) is 2.58. The van der Waals surface area contributed by atoms with Crippen molar-refractivity contribution in [3.05, 3.63) is 0 Å². The van der Waals surface area contributed by atoms with Crippen molar-refractivity contribution in [2.75, 3.05) is 6.61 Å². The minimum absolute atomic E-state index is 0.0304. The zero-order valence-electron chi connectivity index (χ0n) is 6.02. The second-order valence-corrected chi connectivity index (χ2v) is 2.58. The Morgan fingerprint density at radius 3 is 2.33 bits per heavy atom. The van der Waals surface area contributed by atoms with Crippen LogP contribution in [0.2, 0.25) is 0 Å².